The first-order valence-corrected chi connectivity index (χ1v) is 6.81. The summed E-state index contributed by atoms with van der Waals surface area (Å²) in [6, 6.07) is -0.256. The SMILES string of the molecule is CCOC(=O)CN(C)C(=O)N1CCCC(CC(=O)O)C1. The zero-order chi connectivity index (χ0) is 15.1. The van der Waals surface area contributed by atoms with E-state index in [0.29, 0.717) is 13.1 Å². The minimum atomic E-state index is -0.843. The van der Waals surface area contributed by atoms with Gasteiger partial charge in [-0.15, -0.1) is 0 Å². The molecular formula is C13H22N2O5. The van der Waals surface area contributed by atoms with Gasteiger partial charge in [-0.1, -0.05) is 0 Å². The molecule has 0 aromatic heterocycles. The summed E-state index contributed by atoms with van der Waals surface area (Å²) in [5.41, 5.74) is 0. The van der Waals surface area contributed by atoms with Gasteiger partial charge >= 0.3 is 18.0 Å². The predicted molar refractivity (Wildman–Crippen MR) is 71.2 cm³/mol. The number of carbonyl (C=O) groups is 3. The van der Waals surface area contributed by atoms with Crippen molar-refractivity contribution in [3.05, 3.63) is 0 Å². The molecule has 20 heavy (non-hydrogen) atoms. The third-order valence-corrected chi connectivity index (χ3v) is 3.25. The zero-order valence-electron chi connectivity index (χ0n) is 12.0. The van der Waals surface area contributed by atoms with Gasteiger partial charge in [-0.3, -0.25) is 9.59 Å². The molecule has 0 bridgehead atoms. The van der Waals surface area contributed by atoms with E-state index in [0.717, 1.165) is 12.8 Å². The molecule has 0 spiro atoms. The lowest BCUT2D eigenvalue weighted by molar-refractivity contribution is -0.143. The van der Waals surface area contributed by atoms with Crippen LogP contribution in [0.25, 0.3) is 0 Å². The Morgan fingerprint density at radius 3 is 2.70 bits per heavy atom. The van der Waals surface area contributed by atoms with Gasteiger partial charge in [-0.05, 0) is 25.7 Å². The number of carboxylic acid groups (broad SMARTS) is 1. The summed E-state index contributed by atoms with van der Waals surface area (Å²) in [6.45, 7) is 2.93. The van der Waals surface area contributed by atoms with Crippen molar-refractivity contribution in [3.63, 3.8) is 0 Å². The normalized spacial score (nSPS) is 18.5. The lowest BCUT2D eigenvalue weighted by Crippen LogP contribution is -2.47. The largest absolute Gasteiger partial charge is 0.481 e. The Kier molecular flexibility index (Phi) is 6.27. The molecule has 1 heterocycles. The average molecular weight is 286 g/mol. The minimum absolute atomic E-state index is 0.0128. The van der Waals surface area contributed by atoms with Crippen LogP contribution in [0.15, 0.2) is 0 Å². The standard InChI is InChI=1S/C13H22N2O5/c1-3-20-12(18)9-14(2)13(19)15-6-4-5-10(8-15)7-11(16)17/h10H,3-9H2,1-2H3,(H,16,17). The molecule has 0 aliphatic carbocycles. The Morgan fingerprint density at radius 1 is 1.40 bits per heavy atom. The number of nitrogens with zero attached hydrogens (tertiary/aromatic N) is 2. The highest BCUT2D eigenvalue weighted by Crippen LogP contribution is 2.20. The number of urea groups is 1. The number of ether oxygens (including phenoxy) is 1. The van der Waals surface area contributed by atoms with Gasteiger partial charge in [0, 0.05) is 26.6 Å². The predicted octanol–water partition coefficient (Wildman–Crippen LogP) is 0.788. The Balaban J connectivity index is 2.49. The number of carboxylic acids is 1. The van der Waals surface area contributed by atoms with Crippen LogP contribution < -0.4 is 0 Å². The molecule has 1 aliphatic rings. The van der Waals surface area contributed by atoms with E-state index in [1.165, 1.54) is 4.90 Å². The van der Waals surface area contributed by atoms with Crippen LogP contribution in [0.2, 0.25) is 0 Å². The van der Waals surface area contributed by atoms with Gasteiger partial charge in [-0.2, -0.15) is 0 Å². The topological polar surface area (TPSA) is 87.2 Å². The van der Waals surface area contributed by atoms with Crippen molar-refractivity contribution in [2.45, 2.75) is 26.2 Å². The number of aliphatic carboxylic acids is 1. The van der Waals surface area contributed by atoms with Crippen LogP contribution in [-0.4, -0.2) is 66.2 Å². The van der Waals surface area contributed by atoms with Crippen molar-refractivity contribution in [2.75, 3.05) is 33.3 Å². The molecule has 7 nitrogen and oxygen atoms in total. The van der Waals surface area contributed by atoms with E-state index >= 15 is 0 Å². The molecule has 1 aliphatic heterocycles. The van der Waals surface area contributed by atoms with E-state index in [2.05, 4.69) is 0 Å². The third-order valence-electron chi connectivity index (χ3n) is 3.25. The molecule has 1 N–H and O–H groups in total. The first kappa shape index (κ1) is 16.3. The van der Waals surface area contributed by atoms with Gasteiger partial charge in [0.05, 0.1) is 6.61 Å². The fourth-order valence-corrected chi connectivity index (χ4v) is 2.36. The second kappa shape index (κ2) is 7.72. The molecule has 0 saturated carbocycles. The Bertz CT molecular complexity index is 372. The first-order valence-electron chi connectivity index (χ1n) is 6.81. The number of hydrogen-bond acceptors (Lipinski definition) is 4. The maximum atomic E-state index is 12.2. The van der Waals surface area contributed by atoms with Gasteiger partial charge in [-0.25, -0.2) is 4.79 Å². The van der Waals surface area contributed by atoms with Crippen molar-refractivity contribution >= 4 is 18.0 Å². The number of hydrogen-bond donors (Lipinski definition) is 1. The number of likely N-dealkylation sites (N-methyl/N-ethyl adjacent to an activating group) is 1. The fourth-order valence-electron chi connectivity index (χ4n) is 2.36. The maximum Gasteiger partial charge on any atom is 0.325 e. The Morgan fingerprint density at radius 2 is 2.10 bits per heavy atom. The van der Waals surface area contributed by atoms with Crippen LogP contribution in [0.4, 0.5) is 4.79 Å². The summed E-state index contributed by atoms with van der Waals surface area (Å²) in [6.07, 6.45) is 1.68. The maximum absolute atomic E-state index is 12.2. The van der Waals surface area contributed by atoms with E-state index in [-0.39, 0.29) is 31.5 Å². The number of amides is 2. The Labute approximate surface area is 118 Å². The highest BCUT2D eigenvalue weighted by Gasteiger charge is 2.27. The second-order valence-electron chi connectivity index (χ2n) is 5.00. The van der Waals surface area contributed by atoms with Crippen LogP contribution in [0.3, 0.4) is 0 Å². The van der Waals surface area contributed by atoms with E-state index in [4.69, 9.17) is 9.84 Å². The minimum Gasteiger partial charge on any atom is -0.481 e. The lowest BCUT2D eigenvalue weighted by Gasteiger charge is -2.34. The van der Waals surface area contributed by atoms with Crippen molar-refractivity contribution in [3.8, 4) is 0 Å². The van der Waals surface area contributed by atoms with Crippen LogP contribution in [0, 0.1) is 5.92 Å². The smallest absolute Gasteiger partial charge is 0.325 e. The lowest BCUT2D eigenvalue weighted by atomic mass is 9.95. The zero-order valence-corrected chi connectivity index (χ0v) is 12.0. The molecule has 1 saturated heterocycles. The van der Waals surface area contributed by atoms with Gasteiger partial charge in [0.15, 0.2) is 0 Å². The van der Waals surface area contributed by atoms with Crippen molar-refractivity contribution in [2.24, 2.45) is 5.92 Å². The van der Waals surface area contributed by atoms with Gasteiger partial charge in [0.1, 0.15) is 6.54 Å². The van der Waals surface area contributed by atoms with Crippen molar-refractivity contribution in [1.82, 2.24) is 9.80 Å². The average Bonchev–Trinajstić information content (AvgIpc) is 2.37. The van der Waals surface area contributed by atoms with Gasteiger partial charge in [0.2, 0.25) is 0 Å². The highest BCUT2D eigenvalue weighted by molar-refractivity contribution is 5.81. The molecule has 2 amide bonds. The summed E-state index contributed by atoms with van der Waals surface area (Å²) < 4.78 is 4.79. The van der Waals surface area contributed by atoms with E-state index in [1.807, 2.05) is 0 Å². The number of likely N-dealkylation sites (tertiary alicyclic amines) is 1. The van der Waals surface area contributed by atoms with Crippen LogP contribution in [0.5, 0.6) is 0 Å². The van der Waals surface area contributed by atoms with Crippen LogP contribution in [-0.2, 0) is 14.3 Å². The van der Waals surface area contributed by atoms with Crippen LogP contribution >= 0.6 is 0 Å². The molecule has 0 aromatic carbocycles. The molecule has 1 fully saturated rings. The molecule has 114 valence electrons. The first-order chi connectivity index (χ1) is 9.43. The summed E-state index contributed by atoms with van der Waals surface area (Å²) in [7, 11) is 1.54. The monoisotopic (exact) mass is 286 g/mol. The number of carbonyl (C=O) groups excluding carboxylic acids is 2. The molecule has 0 radical (unpaired) electrons. The summed E-state index contributed by atoms with van der Waals surface area (Å²) >= 11 is 0. The molecular weight excluding hydrogens is 264 g/mol. The van der Waals surface area contributed by atoms with Gasteiger partial charge < -0.3 is 19.6 Å². The molecule has 1 atom stereocenters. The highest BCUT2D eigenvalue weighted by atomic mass is 16.5. The molecule has 0 aromatic rings. The second-order valence-corrected chi connectivity index (χ2v) is 5.00. The summed E-state index contributed by atoms with van der Waals surface area (Å²) in [5.74, 6) is -1.30. The third kappa shape index (κ3) is 5.07. The number of rotatable bonds is 5. The summed E-state index contributed by atoms with van der Waals surface area (Å²) in [5, 5.41) is 8.80. The molecule has 1 rings (SSSR count). The van der Waals surface area contributed by atoms with Crippen molar-refractivity contribution in [1.29, 1.82) is 0 Å². The Hall–Kier alpha value is -1.79. The molecule has 7 heteroatoms. The summed E-state index contributed by atoms with van der Waals surface area (Å²) in [4.78, 5) is 37.1. The molecule has 1 unspecified atom stereocenters. The van der Waals surface area contributed by atoms with Gasteiger partial charge in [0.25, 0.3) is 0 Å². The van der Waals surface area contributed by atoms with E-state index in [1.54, 1.807) is 18.9 Å². The van der Waals surface area contributed by atoms with Crippen LogP contribution in [0.1, 0.15) is 26.2 Å². The van der Waals surface area contributed by atoms with E-state index in [9.17, 15) is 14.4 Å². The fraction of sp³-hybridized carbons (Fsp3) is 0.769. The van der Waals surface area contributed by atoms with E-state index < -0.39 is 11.9 Å². The van der Waals surface area contributed by atoms with Crippen molar-refractivity contribution < 1.29 is 24.2 Å². The number of piperidine rings is 1. The number of esters is 1. The quantitative estimate of drug-likeness (QED) is 0.755.